The van der Waals surface area contributed by atoms with E-state index in [1.807, 2.05) is 6.20 Å². The number of rotatable bonds is 4. The van der Waals surface area contributed by atoms with Gasteiger partial charge in [-0.15, -0.1) is 0 Å². The number of hydrogen-bond donors (Lipinski definition) is 3. The fourth-order valence-electron chi connectivity index (χ4n) is 2.05. The summed E-state index contributed by atoms with van der Waals surface area (Å²) in [6, 6.07) is 0.321. The quantitative estimate of drug-likeness (QED) is 0.693. The first-order valence-corrected chi connectivity index (χ1v) is 5.79. The van der Waals surface area contributed by atoms with Gasteiger partial charge in [-0.2, -0.15) is 0 Å². The van der Waals surface area contributed by atoms with Gasteiger partial charge in [-0.3, -0.25) is 0 Å². The zero-order valence-electron chi connectivity index (χ0n) is 9.29. The Balaban J connectivity index is 1.73. The van der Waals surface area contributed by atoms with Crippen LogP contribution in [0.5, 0.6) is 0 Å². The third kappa shape index (κ3) is 3.04. The SMILES string of the molecule is CC(NCC1CCCNC1)c1ncc[nH]1. The van der Waals surface area contributed by atoms with Gasteiger partial charge in [-0.05, 0) is 45.3 Å². The predicted molar refractivity (Wildman–Crippen MR) is 60.6 cm³/mol. The van der Waals surface area contributed by atoms with Crippen LogP contribution in [0.4, 0.5) is 0 Å². The number of nitrogens with zero attached hydrogens (tertiary/aromatic N) is 1. The van der Waals surface area contributed by atoms with Crippen molar-refractivity contribution in [2.24, 2.45) is 5.92 Å². The molecular weight excluding hydrogens is 188 g/mol. The van der Waals surface area contributed by atoms with Gasteiger partial charge in [0, 0.05) is 12.4 Å². The maximum Gasteiger partial charge on any atom is 0.122 e. The molecule has 0 aromatic carbocycles. The van der Waals surface area contributed by atoms with Crippen molar-refractivity contribution in [3.05, 3.63) is 18.2 Å². The Morgan fingerprint density at radius 2 is 2.60 bits per heavy atom. The summed E-state index contributed by atoms with van der Waals surface area (Å²) in [7, 11) is 0. The number of nitrogens with one attached hydrogen (secondary N) is 3. The average Bonchev–Trinajstić information content (AvgIpc) is 2.81. The molecule has 1 fully saturated rings. The van der Waals surface area contributed by atoms with Crippen LogP contribution >= 0.6 is 0 Å². The predicted octanol–water partition coefficient (Wildman–Crippen LogP) is 1.06. The number of piperidine rings is 1. The van der Waals surface area contributed by atoms with Crippen molar-refractivity contribution in [2.45, 2.75) is 25.8 Å². The lowest BCUT2D eigenvalue weighted by atomic mass is 9.99. The van der Waals surface area contributed by atoms with Gasteiger partial charge in [-0.25, -0.2) is 4.98 Å². The minimum absolute atomic E-state index is 0.321. The molecule has 2 unspecified atom stereocenters. The van der Waals surface area contributed by atoms with Gasteiger partial charge in [0.2, 0.25) is 0 Å². The second-order valence-electron chi connectivity index (χ2n) is 4.32. The van der Waals surface area contributed by atoms with Gasteiger partial charge in [0.25, 0.3) is 0 Å². The van der Waals surface area contributed by atoms with E-state index in [0.717, 1.165) is 24.8 Å². The number of hydrogen-bond acceptors (Lipinski definition) is 3. The topological polar surface area (TPSA) is 52.7 Å². The highest BCUT2D eigenvalue weighted by Gasteiger charge is 2.14. The van der Waals surface area contributed by atoms with E-state index in [9.17, 15) is 0 Å². The summed E-state index contributed by atoms with van der Waals surface area (Å²) in [5.74, 6) is 1.80. The Morgan fingerprint density at radius 3 is 3.27 bits per heavy atom. The van der Waals surface area contributed by atoms with E-state index in [2.05, 4.69) is 27.5 Å². The van der Waals surface area contributed by atoms with Crippen molar-refractivity contribution in [2.75, 3.05) is 19.6 Å². The van der Waals surface area contributed by atoms with Crippen LogP contribution in [0, 0.1) is 5.92 Å². The van der Waals surface area contributed by atoms with Gasteiger partial charge in [0.05, 0.1) is 6.04 Å². The van der Waals surface area contributed by atoms with Gasteiger partial charge in [0.1, 0.15) is 5.82 Å². The Kier molecular flexibility index (Phi) is 3.75. The van der Waals surface area contributed by atoms with Crippen molar-refractivity contribution in [3.63, 3.8) is 0 Å². The molecule has 1 aromatic heterocycles. The first-order valence-electron chi connectivity index (χ1n) is 5.79. The third-order valence-corrected chi connectivity index (χ3v) is 3.04. The summed E-state index contributed by atoms with van der Waals surface area (Å²) in [4.78, 5) is 7.38. The maximum atomic E-state index is 4.25. The van der Waals surface area contributed by atoms with Crippen molar-refractivity contribution in [3.8, 4) is 0 Å². The second-order valence-corrected chi connectivity index (χ2v) is 4.32. The zero-order chi connectivity index (χ0) is 10.5. The van der Waals surface area contributed by atoms with Crippen LogP contribution < -0.4 is 10.6 Å². The maximum absolute atomic E-state index is 4.25. The molecule has 4 heteroatoms. The Morgan fingerprint density at radius 1 is 1.67 bits per heavy atom. The highest BCUT2D eigenvalue weighted by Crippen LogP contribution is 2.11. The van der Waals surface area contributed by atoms with Crippen LogP contribution in [0.15, 0.2) is 12.4 Å². The summed E-state index contributed by atoms with van der Waals surface area (Å²) >= 11 is 0. The van der Waals surface area contributed by atoms with E-state index in [1.165, 1.54) is 19.4 Å². The van der Waals surface area contributed by atoms with E-state index in [0.29, 0.717) is 6.04 Å². The van der Waals surface area contributed by atoms with E-state index in [-0.39, 0.29) is 0 Å². The molecule has 1 aliphatic heterocycles. The van der Waals surface area contributed by atoms with Crippen molar-refractivity contribution in [1.29, 1.82) is 0 Å². The normalized spacial score (nSPS) is 23.9. The summed E-state index contributed by atoms with van der Waals surface area (Å²) in [6.07, 6.45) is 6.32. The summed E-state index contributed by atoms with van der Waals surface area (Å²) in [5, 5.41) is 6.95. The molecule has 0 bridgehead atoms. The highest BCUT2D eigenvalue weighted by molar-refractivity contribution is 4.93. The van der Waals surface area contributed by atoms with Gasteiger partial charge >= 0.3 is 0 Å². The van der Waals surface area contributed by atoms with Crippen LogP contribution in [0.3, 0.4) is 0 Å². The standard InChI is InChI=1S/C11H20N4/c1-9(11-13-5-6-14-11)15-8-10-3-2-4-12-7-10/h5-6,9-10,12,15H,2-4,7-8H2,1H3,(H,13,14). The van der Waals surface area contributed by atoms with Crippen molar-refractivity contribution in [1.82, 2.24) is 20.6 Å². The molecule has 0 radical (unpaired) electrons. The van der Waals surface area contributed by atoms with Crippen molar-refractivity contribution < 1.29 is 0 Å². The Labute approximate surface area is 90.9 Å². The number of aromatic amines is 1. The van der Waals surface area contributed by atoms with Gasteiger partial charge < -0.3 is 15.6 Å². The summed E-state index contributed by atoms with van der Waals surface area (Å²) in [6.45, 7) is 5.56. The molecule has 1 saturated heterocycles. The van der Waals surface area contributed by atoms with Crippen molar-refractivity contribution >= 4 is 0 Å². The molecule has 1 aromatic rings. The molecule has 0 amide bonds. The minimum Gasteiger partial charge on any atom is -0.347 e. The lowest BCUT2D eigenvalue weighted by Gasteiger charge is -2.24. The number of aromatic nitrogens is 2. The molecule has 2 heterocycles. The average molecular weight is 208 g/mol. The highest BCUT2D eigenvalue weighted by atomic mass is 15.0. The lowest BCUT2D eigenvalue weighted by Crippen LogP contribution is -2.36. The molecule has 3 N–H and O–H groups in total. The Bertz CT molecular complexity index is 264. The third-order valence-electron chi connectivity index (χ3n) is 3.04. The first kappa shape index (κ1) is 10.6. The Hall–Kier alpha value is -0.870. The molecule has 0 spiro atoms. The monoisotopic (exact) mass is 208 g/mol. The van der Waals surface area contributed by atoms with E-state index in [1.54, 1.807) is 6.20 Å². The van der Waals surface area contributed by atoms with E-state index in [4.69, 9.17) is 0 Å². The fourth-order valence-corrected chi connectivity index (χ4v) is 2.05. The molecule has 1 aliphatic rings. The first-order chi connectivity index (χ1) is 7.36. The fraction of sp³-hybridized carbons (Fsp3) is 0.727. The smallest absolute Gasteiger partial charge is 0.122 e. The van der Waals surface area contributed by atoms with Gasteiger partial charge in [0.15, 0.2) is 0 Å². The van der Waals surface area contributed by atoms with E-state index >= 15 is 0 Å². The van der Waals surface area contributed by atoms with Crippen LogP contribution in [-0.4, -0.2) is 29.6 Å². The van der Waals surface area contributed by atoms with Crippen LogP contribution in [0.1, 0.15) is 31.6 Å². The second kappa shape index (κ2) is 5.28. The van der Waals surface area contributed by atoms with Gasteiger partial charge in [-0.1, -0.05) is 0 Å². The molecule has 0 aliphatic carbocycles. The largest absolute Gasteiger partial charge is 0.347 e. The van der Waals surface area contributed by atoms with Crippen LogP contribution in [0.2, 0.25) is 0 Å². The molecule has 2 atom stereocenters. The molecule has 15 heavy (non-hydrogen) atoms. The molecular formula is C11H20N4. The molecule has 84 valence electrons. The lowest BCUT2D eigenvalue weighted by molar-refractivity contribution is 0.346. The van der Waals surface area contributed by atoms with Crippen LogP contribution in [-0.2, 0) is 0 Å². The number of imidazole rings is 1. The zero-order valence-corrected chi connectivity index (χ0v) is 9.29. The molecule has 0 saturated carbocycles. The minimum atomic E-state index is 0.321. The number of H-pyrrole nitrogens is 1. The van der Waals surface area contributed by atoms with Crippen LogP contribution in [0.25, 0.3) is 0 Å². The molecule has 2 rings (SSSR count). The van der Waals surface area contributed by atoms with E-state index < -0.39 is 0 Å². The summed E-state index contributed by atoms with van der Waals surface area (Å²) in [5.41, 5.74) is 0. The molecule has 4 nitrogen and oxygen atoms in total. The summed E-state index contributed by atoms with van der Waals surface area (Å²) < 4.78 is 0.